The molecule has 2 heterocycles. The van der Waals surface area contributed by atoms with Crippen molar-refractivity contribution >= 4 is 0 Å². The maximum atomic E-state index is 5.56. The first kappa shape index (κ1) is 12.4. The van der Waals surface area contributed by atoms with E-state index < -0.39 is 0 Å². The maximum absolute atomic E-state index is 5.56. The molecule has 0 aromatic carbocycles. The second kappa shape index (κ2) is 5.53. The Balaban J connectivity index is 2.16. The van der Waals surface area contributed by atoms with Crippen molar-refractivity contribution in [3.63, 3.8) is 0 Å². The van der Waals surface area contributed by atoms with Crippen LogP contribution in [0.25, 0.3) is 0 Å². The van der Waals surface area contributed by atoms with Crippen LogP contribution in [0.15, 0.2) is 12.3 Å². The number of nitrogens with zero attached hydrogens (tertiary/aromatic N) is 4. The minimum Gasteiger partial charge on any atom is -0.330 e. The van der Waals surface area contributed by atoms with Crippen molar-refractivity contribution < 1.29 is 0 Å². The Morgan fingerprint density at radius 3 is 3.00 bits per heavy atom. The van der Waals surface area contributed by atoms with Crippen molar-refractivity contribution in [3.8, 4) is 0 Å². The van der Waals surface area contributed by atoms with Gasteiger partial charge in [0.1, 0.15) is 5.82 Å². The van der Waals surface area contributed by atoms with Gasteiger partial charge in [-0.3, -0.25) is 4.90 Å². The van der Waals surface area contributed by atoms with Gasteiger partial charge in [0.25, 0.3) is 0 Å². The fourth-order valence-corrected chi connectivity index (χ4v) is 2.15. The summed E-state index contributed by atoms with van der Waals surface area (Å²) < 4.78 is 0. The zero-order valence-corrected chi connectivity index (χ0v) is 10.6. The summed E-state index contributed by atoms with van der Waals surface area (Å²) in [6.07, 6.45) is 2.66. The molecule has 0 aliphatic carbocycles. The molecule has 2 rings (SSSR count). The highest BCUT2D eigenvalue weighted by Crippen LogP contribution is 2.20. The Hall–Kier alpha value is -1.04. The molecule has 1 aliphatic rings. The topological polar surface area (TPSA) is 58.3 Å². The molecule has 5 heteroatoms. The molecule has 17 heavy (non-hydrogen) atoms. The lowest BCUT2D eigenvalue weighted by atomic mass is 10.1. The monoisotopic (exact) mass is 235 g/mol. The number of nitrogens with two attached hydrogens (primary N) is 1. The lowest BCUT2D eigenvalue weighted by molar-refractivity contribution is 0.109. The molecule has 0 spiro atoms. The van der Waals surface area contributed by atoms with Gasteiger partial charge in [-0.2, -0.15) is 0 Å². The van der Waals surface area contributed by atoms with Crippen LogP contribution in [0.1, 0.15) is 17.6 Å². The quantitative estimate of drug-likeness (QED) is 0.792. The maximum Gasteiger partial charge on any atom is 0.146 e. The molecule has 1 saturated heterocycles. The highest BCUT2D eigenvalue weighted by molar-refractivity contribution is 5.07. The van der Waals surface area contributed by atoms with E-state index in [0.717, 1.165) is 37.6 Å². The number of hydrogen-bond acceptors (Lipinski definition) is 5. The van der Waals surface area contributed by atoms with E-state index in [-0.39, 0.29) is 0 Å². The standard InChI is InChI=1S/C12H21N5/c1-16-7-8-17(2)11(9-16)12-14-6-4-10(15-12)3-5-13/h4,6,11H,3,5,7-9,13H2,1-2H3. The summed E-state index contributed by atoms with van der Waals surface area (Å²) in [6, 6.07) is 2.24. The molecule has 1 aliphatic heterocycles. The van der Waals surface area contributed by atoms with Gasteiger partial charge in [-0.1, -0.05) is 0 Å². The summed E-state index contributed by atoms with van der Waals surface area (Å²) in [5.41, 5.74) is 6.60. The third kappa shape index (κ3) is 3.00. The van der Waals surface area contributed by atoms with Gasteiger partial charge in [0, 0.05) is 37.9 Å². The van der Waals surface area contributed by atoms with Gasteiger partial charge in [0.05, 0.1) is 6.04 Å². The lowest BCUT2D eigenvalue weighted by Crippen LogP contribution is -2.45. The smallest absolute Gasteiger partial charge is 0.146 e. The van der Waals surface area contributed by atoms with Crippen LogP contribution in [-0.4, -0.2) is 60.0 Å². The van der Waals surface area contributed by atoms with E-state index in [1.165, 1.54) is 0 Å². The molecule has 0 amide bonds. The predicted octanol–water partition coefficient (Wildman–Crippen LogP) is -0.104. The molecule has 1 fully saturated rings. The van der Waals surface area contributed by atoms with Crippen molar-refractivity contribution in [2.45, 2.75) is 12.5 Å². The molecular formula is C12H21N5. The molecule has 1 atom stereocenters. The molecule has 0 saturated carbocycles. The van der Waals surface area contributed by atoms with Gasteiger partial charge in [-0.05, 0) is 26.7 Å². The molecule has 94 valence electrons. The van der Waals surface area contributed by atoms with Crippen LogP contribution in [0.4, 0.5) is 0 Å². The van der Waals surface area contributed by atoms with Crippen LogP contribution in [-0.2, 0) is 6.42 Å². The second-order valence-corrected chi connectivity index (χ2v) is 4.70. The third-order valence-corrected chi connectivity index (χ3v) is 3.28. The summed E-state index contributed by atoms with van der Waals surface area (Å²) in [7, 11) is 4.28. The highest BCUT2D eigenvalue weighted by Gasteiger charge is 2.25. The van der Waals surface area contributed by atoms with Crippen LogP contribution in [0.5, 0.6) is 0 Å². The zero-order chi connectivity index (χ0) is 12.3. The number of likely N-dealkylation sites (N-methyl/N-ethyl adjacent to an activating group) is 2. The van der Waals surface area contributed by atoms with Crippen molar-refractivity contribution in [2.75, 3.05) is 40.3 Å². The SMILES string of the molecule is CN1CCN(C)C(c2nccc(CCN)n2)C1. The average molecular weight is 235 g/mol. The first-order chi connectivity index (χ1) is 8.20. The first-order valence-electron chi connectivity index (χ1n) is 6.11. The summed E-state index contributed by atoms with van der Waals surface area (Å²) in [5, 5.41) is 0. The van der Waals surface area contributed by atoms with Crippen molar-refractivity contribution in [2.24, 2.45) is 5.73 Å². The van der Waals surface area contributed by atoms with Gasteiger partial charge in [0.2, 0.25) is 0 Å². The van der Waals surface area contributed by atoms with Crippen LogP contribution >= 0.6 is 0 Å². The van der Waals surface area contributed by atoms with Gasteiger partial charge < -0.3 is 10.6 Å². The number of aromatic nitrogens is 2. The van der Waals surface area contributed by atoms with E-state index in [0.29, 0.717) is 12.6 Å². The molecule has 5 nitrogen and oxygen atoms in total. The minimum absolute atomic E-state index is 0.298. The van der Waals surface area contributed by atoms with Crippen LogP contribution in [0, 0.1) is 0 Å². The second-order valence-electron chi connectivity index (χ2n) is 4.70. The van der Waals surface area contributed by atoms with Crippen LogP contribution < -0.4 is 5.73 Å². The number of piperazine rings is 1. The Morgan fingerprint density at radius 1 is 1.41 bits per heavy atom. The largest absolute Gasteiger partial charge is 0.330 e. The molecule has 1 aromatic heterocycles. The Morgan fingerprint density at radius 2 is 2.24 bits per heavy atom. The Bertz CT molecular complexity index is 368. The average Bonchev–Trinajstić information content (AvgIpc) is 2.33. The summed E-state index contributed by atoms with van der Waals surface area (Å²) in [4.78, 5) is 13.7. The molecule has 0 bridgehead atoms. The molecular weight excluding hydrogens is 214 g/mol. The summed E-state index contributed by atoms with van der Waals surface area (Å²) in [5.74, 6) is 0.921. The Kier molecular flexibility index (Phi) is 4.04. The number of hydrogen-bond donors (Lipinski definition) is 1. The van der Waals surface area contributed by atoms with E-state index in [4.69, 9.17) is 5.73 Å². The van der Waals surface area contributed by atoms with E-state index in [1.807, 2.05) is 12.3 Å². The normalized spacial score (nSPS) is 22.9. The van der Waals surface area contributed by atoms with E-state index in [1.54, 1.807) is 0 Å². The van der Waals surface area contributed by atoms with Crippen LogP contribution in [0.2, 0.25) is 0 Å². The Labute approximate surface area is 103 Å². The summed E-state index contributed by atoms with van der Waals surface area (Å²) >= 11 is 0. The van der Waals surface area contributed by atoms with Gasteiger partial charge in [0.15, 0.2) is 0 Å². The van der Waals surface area contributed by atoms with Crippen molar-refractivity contribution in [1.82, 2.24) is 19.8 Å². The predicted molar refractivity (Wildman–Crippen MR) is 67.7 cm³/mol. The number of rotatable bonds is 3. The van der Waals surface area contributed by atoms with E-state index in [9.17, 15) is 0 Å². The van der Waals surface area contributed by atoms with E-state index >= 15 is 0 Å². The van der Waals surface area contributed by atoms with Gasteiger partial charge >= 0.3 is 0 Å². The molecule has 1 aromatic rings. The molecule has 0 radical (unpaired) electrons. The third-order valence-electron chi connectivity index (χ3n) is 3.28. The molecule has 1 unspecified atom stereocenters. The fourth-order valence-electron chi connectivity index (χ4n) is 2.15. The van der Waals surface area contributed by atoms with Crippen molar-refractivity contribution in [3.05, 3.63) is 23.8 Å². The molecule has 2 N–H and O–H groups in total. The van der Waals surface area contributed by atoms with Crippen molar-refractivity contribution in [1.29, 1.82) is 0 Å². The zero-order valence-electron chi connectivity index (χ0n) is 10.6. The highest BCUT2D eigenvalue weighted by atomic mass is 15.3. The first-order valence-corrected chi connectivity index (χ1v) is 6.11. The van der Waals surface area contributed by atoms with Gasteiger partial charge in [-0.15, -0.1) is 0 Å². The van der Waals surface area contributed by atoms with Crippen LogP contribution in [0.3, 0.4) is 0 Å². The minimum atomic E-state index is 0.298. The lowest BCUT2D eigenvalue weighted by Gasteiger charge is -2.36. The fraction of sp³-hybridized carbons (Fsp3) is 0.667. The van der Waals surface area contributed by atoms with E-state index in [2.05, 4.69) is 33.9 Å². The van der Waals surface area contributed by atoms with Gasteiger partial charge in [-0.25, -0.2) is 9.97 Å². The summed E-state index contributed by atoms with van der Waals surface area (Å²) in [6.45, 7) is 3.79.